The maximum absolute atomic E-state index is 11.8. The van der Waals surface area contributed by atoms with Gasteiger partial charge in [0.1, 0.15) is 18.7 Å². The minimum Gasteiger partial charge on any atom is -0.382 e. The van der Waals surface area contributed by atoms with Crippen LogP contribution in [0.3, 0.4) is 0 Å². The fraction of sp³-hybridized carbons (Fsp3) is 0.750. The summed E-state index contributed by atoms with van der Waals surface area (Å²) in [5.41, 5.74) is 0. The Kier molecular flexibility index (Phi) is 10.5. The second-order valence-corrected chi connectivity index (χ2v) is 6.17. The first-order chi connectivity index (χ1) is 12.1. The first-order valence-electron chi connectivity index (χ1n) is 8.79. The van der Waals surface area contributed by atoms with Gasteiger partial charge in [-0.05, 0) is 19.8 Å². The minimum absolute atomic E-state index is 0. The first kappa shape index (κ1) is 22.6. The Morgan fingerprint density at radius 1 is 1.50 bits per heavy atom. The Labute approximate surface area is 172 Å². The highest BCUT2D eigenvalue weighted by molar-refractivity contribution is 14.0. The quantitative estimate of drug-likeness (QED) is 0.241. The molecule has 0 bridgehead atoms. The predicted octanol–water partition coefficient (Wildman–Crippen LogP) is 0.261. The molecule has 0 aliphatic carbocycles. The third-order valence-electron chi connectivity index (χ3n) is 3.98. The zero-order valence-corrected chi connectivity index (χ0v) is 18.1. The van der Waals surface area contributed by atoms with Gasteiger partial charge in [0.25, 0.3) is 0 Å². The summed E-state index contributed by atoms with van der Waals surface area (Å²) in [7, 11) is 3.46. The van der Waals surface area contributed by atoms with Crippen LogP contribution in [0.15, 0.2) is 11.3 Å². The Morgan fingerprint density at radius 2 is 2.31 bits per heavy atom. The van der Waals surface area contributed by atoms with Crippen LogP contribution in [0.1, 0.15) is 25.6 Å². The molecule has 1 unspecified atom stereocenters. The highest BCUT2D eigenvalue weighted by Gasteiger charge is 2.20. The van der Waals surface area contributed by atoms with Crippen molar-refractivity contribution in [1.82, 2.24) is 30.3 Å². The Bertz CT molecular complexity index is 577. The summed E-state index contributed by atoms with van der Waals surface area (Å²) in [5, 5.41) is 10.9. The Hall–Kier alpha value is -1.43. The molecule has 1 amide bonds. The number of aliphatic imine (C=N–C) groups is 1. The number of fused-ring (bicyclic) bond motifs is 1. The number of carbonyl (C=O) groups is 1. The molecule has 1 aliphatic rings. The molecule has 0 saturated heterocycles. The van der Waals surface area contributed by atoms with Gasteiger partial charge in [-0.25, -0.2) is 14.7 Å². The number of carbonyl (C=O) groups excluding carboxylic acids is 1. The molecule has 1 atom stereocenters. The topological polar surface area (TPSA) is 96.7 Å². The predicted molar refractivity (Wildman–Crippen MR) is 111 cm³/mol. The molecule has 2 rings (SSSR count). The summed E-state index contributed by atoms with van der Waals surface area (Å²) in [6.07, 6.45) is 4.31. The van der Waals surface area contributed by atoms with Crippen LogP contribution in [0.4, 0.5) is 0 Å². The van der Waals surface area contributed by atoms with Crippen LogP contribution in [0.25, 0.3) is 0 Å². The molecule has 2 N–H and O–H groups in total. The molecule has 0 aromatic carbocycles. The van der Waals surface area contributed by atoms with Gasteiger partial charge in [-0.2, -0.15) is 5.10 Å². The number of guanidine groups is 1. The molecule has 0 fully saturated rings. The fourth-order valence-electron chi connectivity index (χ4n) is 2.51. The summed E-state index contributed by atoms with van der Waals surface area (Å²) < 4.78 is 7.26. The Morgan fingerprint density at radius 3 is 3.04 bits per heavy atom. The second-order valence-electron chi connectivity index (χ2n) is 6.17. The molecule has 1 aromatic rings. The average molecular weight is 479 g/mol. The molecule has 0 radical (unpaired) electrons. The van der Waals surface area contributed by atoms with Gasteiger partial charge in [0.05, 0.1) is 6.54 Å². The first-order valence-corrected chi connectivity index (χ1v) is 8.79. The van der Waals surface area contributed by atoms with E-state index in [-0.39, 0.29) is 42.5 Å². The molecular weight excluding hydrogens is 449 g/mol. The third kappa shape index (κ3) is 7.44. The van der Waals surface area contributed by atoms with Crippen LogP contribution >= 0.6 is 24.0 Å². The molecular formula is C16H30IN7O2. The molecule has 0 saturated carbocycles. The highest BCUT2D eigenvalue weighted by atomic mass is 127. The average Bonchev–Trinajstić information content (AvgIpc) is 3.06. The number of aryl methyl sites for hydroxylation is 1. The van der Waals surface area contributed by atoms with Crippen LogP contribution in [0.5, 0.6) is 0 Å². The van der Waals surface area contributed by atoms with Gasteiger partial charge in [0.2, 0.25) is 5.91 Å². The summed E-state index contributed by atoms with van der Waals surface area (Å²) in [6.45, 7) is 5.02. The van der Waals surface area contributed by atoms with Crippen LogP contribution in [0.2, 0.25) is 0 Å². The standard InChI is InChI=1S/C16H29N7O2.HI/c1-4-25-9-5-8-17-16(18-10-15(24)22(2)3)21-13-6-7-14-19-12-20-23(14)11-13;/h12-13H,4-11H2,1-3H3,(H2,17,18,21);1H. The zero-order valence-electron chi connectivity index (χ0n) is 15.8. The summed E-state index contributed by atoms with van der Waals surface area (Å²) >= 11 is 0. The summed E-state index contributed by atoms with van der Waals surface area (Å²) in [6, 6.07) is 0.210. The van der Waals surface area contributed by atoms with Crippen molar-refractivity contribution in [1.29, 1.82) is 0 Å². The van der Waals surface area contributed by atoms with E-state index in [1.165, 1.54) is 0 Å². The monoisotopic (exact) mass is 479 g/mol. The molecule has 1 aromatic heterocycles. The van der Waals surface area contributed by atoms with Crippen molar-refractivity contribution >= 4 is 35.8 Å². The lowest BCUT2D eigenvalue weighted by atomic mass is 10.1. The Balaban J connectivity index is 0.00000338. The smallest absolute Gasteiger partial charge is 0.243 e. The number of ether oxygens (including phenoxy) is 1. The molecule has 2 heterocycles. The lowest BCUT2D eigenvalue weighted by Gasteiger charge is -2.25. The largest absolute Gasteiger partial charge is 0.382 e. The van der Waals surface area contributed by atoms with Crippen LogP contribution in [-0.4, -0.2) is 78.0 Å². The van der Waals surface area contributed by atoms with Crippen molar-refractivity contribution in [3.05, 3.63) is 12.2 Å². The number of rotatable bonds is 8. The van der Waals surface area contributed by atoms with Gasteiger partial charge in [-0.15, -0.1) is 24.0 Å². The summed E-state index contributed by atoms with van der Waals surface area (Å²) in [4.78, 5) is 22.0. The van der Waals surface area contributed by atoms with Crippen molar-refractivity contribution < 1.29 is 9.53 Å². The van der Waals surface area contributed by atoms with Crippen LogP contribution < -0.4 is 10.6 Å². The van der Waals surface area contributed by atoms with Crippen molar-refractivity contribution in [2.75, 3.05) is 40.4 Å². The number of amides is 1. The third-order valence-corrected chi connectivity index (χ3v) is 3.98. The van der Waals surface area contributed by atoms with E-state index in [2.05, 4.69) is 25.7 Å². The molecule has 0 spiro atoms. The van der Waals surface area contributed by atoms with Gasteiger partial charge in [-0.1, -0.05) is 0 Å². The van der Waals surface area contributed by atoms with Gasteiger partial charge >= 0.3 is 0 Å². The SMILES string of the molecule is CCOCCCNC(=NCC(=O)N(C)C)NC1CCc2ncnn2C1.I. The second kappa shape index (κ2) is 12.0. The van der Waals surface area contributed by atoms with Crippen molar-refractivity contribution in [2.45, 2.75) is 38.8 Å². The normalized spacial score (nSPS) is 16.4. The van der Waals surface area contributed by atoms with Gasteiger partial charge in [-0.3, -0.25) is 4.79 Å². The lowest BCUT2D eigenvalue weighted by molar-refractivity contribution is -0.127. The molecule has 26 heavy (non-hydrogen) atoms. The van der Waals surface area contributed by atoms with Crippen molar-refractivity contribution in [2.24, 2.45) is 4.99 Å². The maximum Gasteiger partial charge on any atom is 0.243 e. The van der Waals surface area contributed by atoms with Gasteiger partial charge in [0.15, 0.2) is 5.96 Å². The van der Waals surface area contributed by atoms with Crippen LogP contribution in [-0.2, 0) is 22.5 Å². The van der Waals surface area contributed by atoms with E-state index in [0.717, 1.165) is 44.8 Å². The van der Waals surface area contributed by atoms with Crippen molar-refractivity contribution in [3.8, 4) is 0 Å². The molecule has 9 nitrogen and oxygen atoms in total. The lowest BCUT2D eigenvalue weighted by Crippen LogP contribution is -2.47. The van der Waals surface area contributed by atoms with E-state index in [0.29, 0.717) is 12.6 Å². The molecule has 10 heteroatoms. The maximum atomic E-state index is 11.8. The van der Waals surface area contributed by atoms with Crippen LogP contribution in [0, 0.1) is 0 Å². The van der Waals surface area contributed by atoms with E-state index < -0.39 is 0 Å². The van der Waals surface area contributed by atoms with Gasteiger partial charge < -0.3 is 20.3 Å². The number of nitrogens with zero attached hydrogens (tertiary/aromatic N) is 5. The summed E-state index contributed by atoms with van der Waals surface area (Å²) in [5.74, 6) is 1.64. The van der Waals surface area contributed by atoms with Gasteiger partial charge in [0, 0.05) is 46.3 Å². The van der Waals surface area contributed by atoms with E-state index in [1.54, 1.807) is 25.3 Å². The fourth-order valence-corrected chi connectivity index (χ4v) is 2.51. The number of halogens is 1. The molecule has 148 valence electrons. The van der Waals surface area contributed by atoms with E-state index >= 15 is 0 Å². The highest BCUT2D eigenvalue weighted by Crippen LogP contribution is 2.11. The zero-order chi connectivity index (χ0) is 18.1. The number of hydrogen-bond donors (Lipinski definition) is 2. The molecule has 1 aliphatic heterocycles. The number of nitrogens with one attached hydrogen (secondary N) is 2. The number of likely N-dealkylation sites (N-methyl/N-ethyl adjacent to an activating group) is 1. The van der Waals surface area contributed by atoms with Crippen molar-refractivity contribution in [3.63, 3.8) is 0 Å². The van der Waals surface area contributed by atoms with E-state index in [9.17, 15) is 4.79 Å². The number of hydrogen-bond acceptors (Lipinski definition) is 5. The number of aromatic nitrogens is 3. The minimum atomic E-state index is -0.0300. The van der Waals surface area contributed by atoms with E-state index in [4.69, 9.17) is 4.74 Å². The van der Waals surface area contributed by atoms with E-state index in [1.807, 2.05) is 11.6 Å².